The molecule has 0 saturated carbocycles. The van der Waals surface area contributed by atoms with Gasteiger partial charge in [0.05, 0.1) is 26.4 Å². The number of hydrogen-bond acceptors (Lipinski definition) is 5. The van der Waals surface area contributed by atoms with Crippen molar-refractivity contribution in [3.8, 4) is 5.75 Å². The minimum Gasteiger partial charge on any atom is -0.497 e. The molecule has 0 heterocycles. The van der Waals surface area contributed by atoms with E-state index in [0.29, 0.717) is 19.8 Å². The van der Waals surface area contributed by atoms with Gasteiger partial charge in [0.1, 0.15) is 5.75 Å². The first-order chi connectivity index (χ1) is 11.4. The number of amides is 1. The summed E-state index contributed by atoms with van der Waals surface area (Å²) in [5, 5.41) is 23.8. The topological polar surface area (TPSA) is 100 Å². The highest BCUT2D eigenvalue weighted by Gasteiger charge is 2.15. The second-order valence-electron chi connectivity index (χ2n) is 5.90. The summed E-state index contributed by atoms with van der Waals surface area (Å²) in [6.07, 6.45) is -1.85. The van der Waals surface area contributed by atoms with Crippen LogP contribution in [0.2, 0.25) is 0 Å². The molecule has 7 heteroatoms. The van der Waals surface area contributed by atoms with Gasteiger partial charge in [-0.05, 0) is 30.5 Å². The number of ether oxygens (including phenoxy) is 2. The molecule has 136 valence electrons. The smallest absolute Gasteiger partial charge is 0.404 e. The summed E-state index contributed by atoms with van der Waals surface area (Å²) >= 11 is 0. The molecule has 1 aromatic carbocycles. The molecule has 0 aliphatic carbocycles. The number of carbonyl (C=O) groups is 1. The standard InChI is InChI=1S/C17H28N2O5/c1-12(16(20)9-19-17(21)22)8-18-13(2)10-24-11-14-4-6-15(23-3)7-5-14/h4-7,12-13,16,18-20H,8-11H2,1-3H3,(H,21,22)/t12-,13+,16-/m1/s1. The summed E-state index contributed by atoms with van der Waals surface area (Å²) in [6, 6.07) is 7.85. The molecule has 24 heavy (non-hydrogen) atoms. The van der Waals surface area contributed by atoms with Crippen molar-refractivity contribution >= 4 is 6.09 Å². The third-order valence-corrected chi connectivity index (χ3v) is 3.70. The molecule has 0 aliphatic rings. The zero-order valence-electron chi connectivity index (χ0n) is 14.5. The van der Waals surface area contributed by atoms with E-state index in [-0.39, 0.29) is 18.5 Å². The lowest BCUT2D eigenvalue weighted by Crippen LogP contribution is -2.41. The quantitative estimate of drug-likeness (QED) is 0.487. The molecule has 0 radical (unpaired) electrons. The average molecular weight is 340 g/mol. The van der Waals surface area contributed by atoms with E-state index in [9.17, 15) is 9.90 Å². The molecule has 1 rings (SSSR count). The molecule has 0 aliphatic heterocycles. The number of hydrogen-bond donors (Lipinski definition) is 4. The molecule has 3 atom stereocenters. The Balaban J connectivity index is 2.18. The van der Waals surface area contributed by atoms with Gasteiger partial charge in [0.25, 0.3) is 0 Å². The van der Waals surface area contributed by atoms with E-state index in [1.807, 2.05) is 38.1 Å². The predicted molar refractivity (Wildman–Crippen MR) is 91.3 cm³/mol. The van der Waals surface area contributed by atoms with Crippen LogP contribution in [0, 0.1) is 5.92 Å². The van der Waals surface area contributed by atoms with Crippen molar-refractivity contribution in [2.45, 2.75) is 32.6 Å². The Kier molecular flexibility index (Phi) is 9.14. The molecule has 0 bridgehead atoms. The first-order valence-electron chi connectivity index (χ1n) is 8.01. The Morgan fingerprint density at radius 3 is 2.46 bits per heavy atom. The van der Waals surface area contributed by atoms with Crippen molar-refractivity contribution in [3.63, 3.8) is 0 Å². The number of nitrogens with one attached hydrogen (secondary N) is 2. The monoisotopic (exact) mass is 340 g/mol. The van der Waals surface area contributed by atoms with Crippen LogP contribution in [0.25, 0.3) is 0 Å². The Hall–Kier alpha value is -1.83. The van der Waals surface area contributed by atoms with Crippen molar-refractivity contribution in [1.29, 1.82) is 0 Å². The van der Waals surface area contributed by atoms with Gasteiger partial charge in [-0.3, -0.25) is 0 Å². The van der Waals surface area contributed by atoms with Gasteiger partial charge in [-0.15, -0.1) is 0 Å². The van der Waals surface area contributed by atoms with Crippen LogP contribution in [0.5, 0.6) is 5.75 Å². The van der Waals surface area contributed by atoms with Crippen LogP contribution in [-0.2, 0) is 11.3 Å². The summed E-state index contributed by atoms with van der Waals surface area (Å²) in [6.45, 7) is 5.55. The molecule has 0 fully saturated rings. The maximum atomic E-state index is 10.4. The van der Waals surface area contributed by atoms with Gasteiger partial charge in [-0.1, -0.05) is 19.1 Å². The molecule has 0 spiro atoms. The van der Waals surface area contributed by atoms with Crippen LogP contribution in [0.15, 0.2) is 24.3 Å². The molecular weight excluding hydrogens is 312 g/mol. The average Bonchev–Trinajstić information content (AvgIpc) is 2.58. The molecule has 1 amide bonds. The number of aliphatic hydroxyl groups excluding tert-OH is 1. The first kappa shape index (κ1) is 20.2. The Morgan fingerprint density at radius 1 is 1.21 bits per heavy atom. The molecule has 0 saturated heterocycles. The number of rotatable bonds is 11. The number of aliphatic hydroxyl groups is 1. The van der Waals surface area contributed by atoms with Crippen molar-refractivity contribution in [1.82, 2.24) is 10.6 Å². The van der Waals surface area contributed by atoms with Crippen molar-refractivity contribution in [2.24, 2.45) is 5.92 Å². The largest absolute Gasteiger partial charge is 0.497 e. The predicted octanol–water partition coefficient (Wildman–Crippen LogP) is 1.45. The second-order valence-corrected chi connectivity index (χ2v) is 5.90. The molecular formula is C17H28N2O5. The van der Waals surface area contributed by atoms with Crippen LogP contribution < -0.4 is 15.4 Å². The zero-order chi connectivity index (χ0) is 17.9. The Morgan fingerprint density at radius 2 is 1.88 bits per heavy atom. The van der Waals surface area contributed by atoms with E-state index in [1.165, 1.54) is 0 Å². The first-order valence-corrected chi connectivity index (χ1v) is 8.01. The zero-order valence-corrected chi connectivity index (χ0v) is 14.5. The van der Waals surface area contributed by atoms with Crippen LogP contribution in [0.4, 0.5) is 4.79 Å². The Bertz CT molecular complexity index is 480. The summed E-state index contributed by atoms with van der Waals surface area (Å²) in [7, 11) is 1.63. The van der Waals surface area contributed by atoms with Gasteiger partial charge < -0.3 is 30.3 Å². The summed E-state index contributed by atoms with van der Waals surface area (Å²) in [5.74, 6) is 0.750. The lowest BCUT2D eigenvalue weighted by molar-refractivity contribution is 0.0892. The minimum absolute atomic E-state index is 0.0283. The third-order valence-electron chi connectivity index (χ3n) is 3.70. The van der Waals surface area contributed by atoms with Crippen LogP contribution in [-0.4, -0.2) is 55.3 Å². The number of methoxy groups -OCH3 is 1. The maximum Gasteiger partial charge on any atom is 0.404 e. The van der Waals surface area contributed by atoms with Gasteiger partial charge in [0, 0.05) is 19.1 Å². The van der Waals surface area contributed by atoms with E-state index < -0.39 is 12.2 Å². The number of benzene rings is 1. The highest BCUT2D eigenvalue weighted by atomic mass is 16.5. The van der Waals surface area contributed by atoms with E-state index in [4.69, 9.17) is 14.6 Å². The second kappa shape index (κ2) is 10.9. The van der Waals surface area contributed by atoms with E-state index in [2.05, 4.69) is 10.6 Å². The van der Waals surface area contributed by atoms with Gasteiger partial charge in [0.15, 0.2) is 0 Å². The lowest BCUT2D eigenvalue weighted by atomic mass is 10.0. The molecule has 4 N–H and O–H groups in total. The highest BCUT2D eigenvalue weighted by molar-refractivity contribution is 5.64. The molecule has 1 aromatic rings. The summed E-state index contributed by atoms with van der Waals surface area (Å²) in [4.78, 5) is 10.4. The maximum absolute atomic E-state index is 10.4. The SMILES string of the molecule is COc1ccc(COC[C@H](C)NC[C@@H](C)[C@H](O)CNC(=O)O)cc1. The molecule has 0 aromatic heterocycles. The molecule has 0 unspecified atom stereocenters. The van der Waals surface area contributed by atoms with E-state index >= 15 is 0 Å². The van der Waals surface area contributed by atoms with Gasteiger partial charge in [-0.25, -0.2) is 4.79 Å². The van der Waals surface area contributed by atoms with Gasteiger partial charge in [-0.2, -0.15) is 0 Å². The lowest BCUT2D eigenvalue weighted by Gasteiger charge is -2.22. The van der Waals surface area contributed by atoms with E-state index in [1.54, 1.807) is 7.11 Å². The van der Waals surface area contributed by atoms with Crippen LogP contribution >= 0.6 is 0 Å². The fraction of sp³-hybridized carbons (Fsp3) is 0.588. The third kappa shape index (κ3) is 8.14. The van der Waals surface area contributed by atoms with Gasteiger partial charge >= 0.3 is 6.09 Å². The van der Waals surface area contributed by atoms with E-state index in [0.717, 1.165) is 11.3 Å². The summed E-state index contributed by atoms with van der Waals surface area (Å²) < 4.78 is 10.8. The van der Waals surface area contributed by atoms with Gasteiger partial charge in [0.2, 0.25) is 0 Å². The fourth-order valence-corrected chi connectivity index (χ4v) is 2.05. The Labute approximate surface area is 143 Å². The molecule has 7 nitrogen and oxygen atoms in total. The fourth-order valence-electron chi connectivity index (χ4n) is 2.05. The summed E-state index contributed by atoms with van der Waals surface area (Å²) in [5.41, 5.74) is 1.08. The van der Waals surface area contributed by atoms with Crippen molar-refractivity contribution < 1.29 is 24.5 Å². The van der Waals surface area contributed by atoms with Crippen LogP contribution in [0.3, 0.4) is 0 Å². The van der Waals surface area contributed by atoms with Crippen molar-refractivity contribution in [2.75, 3.05) is 26.8 Å². The van der Waals surface area contributed by atoms with Crippen LogP contribution in [0.1, 0.15) is 19.4 Å². The van der Waals surface area contributed by atoms with Crippen molar-refractivity contribution in [3.05, 3.63) is 29.8 Å². The minimum atomic E-state index is -1.13. The normalized spacial score (nSPS) is 14.7. The number of carboxylic acid groups (broad SMARTS) is 1. The highest BCUT2D eigenvalue weighted by Crippen LogP contribution is 2.12.